The lowest BCUT2D eigenvalue weighted by Crippen LogP contribution is -2.41. The number of rotatable bonds is 9. The summed E-state index contributed by atoms with van der Waals surface area (Å²) in [6.07, 6.45) is 4.12. The Morgan fingerprint density at radius 2 is 1.76 bits per heavy atom. The maximum absolute atomic E-state index is 15.3. The van der Waals surface area contributed by atoms with Crippen molar-refractivity contribution < 1.29 is 28.4 Å². The summed E-state index contributed by atoms with van der Waals surface area (Å²) < 4.78 is 38.5. The Morgan fingerprint density at radius 3 is 2.52 bits per heavy atom. The van der Waals surface area contributed by atoms with Gasteiger partial charge in [0.25, 0.3) is 0 Å². The number of hydrogen-bond acceptors (Lipinski definition) is 11. The SMILES string of the molecule is COc1ccc(NC(O)O[C@@H]2CCCC[C@H]2Oc2cc3sc(-c4cc(C)cc5nc(OC)cnc45)nc3cc2F)cn1. The van der Waals surface area contributed by atoms with Crippen LogP contribution in [0, 0.1) is 12.7 Å². The molecule has 1 aliphatic carbocycles. The van der Waals surface area contributed by atoms with Gasteiger partial charge in [-0.2, -0.15) is 0 Å². The average molecular weight is 592 g/mol. The van der Waals surface area contributed by atoms with Crippen molar-refractivity contribution >= 4 is 38.3 Å². The summed E-state index contributed by atoms with van der Waals surface area (Å²) in [5, 5.41) is 14.1. The van der Waals surface area contributed by atoms with E-state index in [-0.39, 0.29) is 5.75 Å². The third-order valence-electron chi connectivity index (χ3n) is 7.11. The zero-order chi connectivity index (χ0) is 29.2. The number of ether oxygens (including phenoxy) is 4. The molecule has 1 saturated carbocycles. The lowest BCUT2D eigenvalue weighted by molar-refractivity contribution is -0.155. The van der Waals surface area contributed by atoms with Crippen LogP contribution >= 0.6 is 11.3 Å². The number of nitrogens with zero attached hydrogens (tertiary/aromatic N) is 4. The molecule has 0 aliphatic heterocycles. The minimum absolute atomic E-state index is 0.124. The third kappa shape index (κ3) is 5.91. The predicted octanol–water partition coefficient (Wildman–Crippen LogP) is 5.86. The Balaban J connectivity index is 1.22. The van der Waals surface area contributed by atoms with Crippen LogP contribution in [0.4, 0.5) is 10.1 Å². The van der Waals surface area contributed by atoms with Crippen LogP contribution in [-0.4, -0.2) is 57.9 Å². The van der Waals surface area contributed by atoms with Gasteiger partial charge in [-0.1, -0.05) is 6.42 Å². The molecule has 1 fully saturated rings. The molecule has 12 heteroatoms. The van der Waals surface area contributed by atoms with Crippen molar-refractivity contribution in [1.29, 1.82) is 0 Å². The molecule has 2 aromatic carbocycles. The maximum atomic E-state index is 15.3. The van der Waals surface area contributed by atoms with Gasteiger partial charge < -0.3 is 29.4 Å². The highest BCUT2D eigenvalue weighted by molar-refractivity contribution is 7.21. The molecule has 2 N–H and O–H groups in total. The molecule has 0 bridgehead atoms. The largest absolute Gasteiger partial charge is 0.485 e. The minimum Gasteiger partial charge on any atom is -0.485 e. The third-order valence-corrected chi connectivity index (χ3v) is 8.16. The first kappa shape index (κ1) is 28.0. The van der Waals surface area contributed by atoms with Gasteiger partial charge in [-0.05, 0) is 49.9 Å². The quantitative estimate of drug-likeness (QED) is 0.202. The summed E-state index contributed by atoms with van der Waals surface area (Å²) in [5.41, 5.74) is 4.30. The van der Waals surface area contributed by atoms with Gasteiger partial charge in [0.15, 0.2) is 11.6 Å². The van der Waals surface area contributed by atoms with E-state index in [2.05, 4.69) is 20.3 Å². The fourth-order valence-corrected chi connectivity index (χ4v) is 6.08. The van der Waals surface area contributed by atoms with E-state index >= 15 is 4.39 Å². The van der Waals surface area contributed by atoms with E-state index in [0.717, 1.165) is 28.7 Å². The summed E-state index contributed by atoms with van der Waals surface area (Å²) >= 11 is 1.43. The standard InChI is InChI=1S/C30H30FN5O5S/c1-16-10-18(28-21(11-16)35-27(39-3)15-33-28)29-36-20-12-19(31)24(13-25(20)42-29)40-22-6-4-5-7-23(22)41-30(37)34-17-8-9-26(38-2)32-14-17/h8-15,22-23,30,34,37H,4-7H2,1-3H3/t22-,23-,30?/m1/s1. The number of nitrogens with one attached hydrogen (secondary N) is 1. The first-order chi connectivity index (χ1) is 20.4. The summed E-state index contributed by atoms with van der Waals surface area (Å²) in [6.45, 7) is 1.98. The fourth-order valence-electron chi connectivity index (χ4n) is 5.09. The van der Waals surface area contributed by atoms with E-state index in [0.29, 0.717) is 51.8 Å². The Morgan fingerprint density at radius 1 is 0.952 bits per heavy atom. The van der Waals surface area contributed by atoms with Gasteiger partial charge in [0.2, 0.25) is 18.2 Å². The molecule has 3 atom stereocenters. The van der Waals surface area contributed by atoms with Gasteiger partial charge in [-0.3, -0.25) is 0 Å². The van der Waals surface area contributed by atoms with Crippen molar-refractivity contribution in [2.75, 3.05) is 19.5 Å². The zero-order valence-corrected chi connectivity index (χ0v) is 24.2. The van der Waals surface area contributed by atoms with Crippen LogP contribution in [-0.2, 0) is 4.74 Å². The van der Waals surface area contributed by atoms with Crippen molar-refractivity contribution in [2.24, 2.45) is 0 Å². The van der Waals surface area contributed by atoms with Gasteiger partial charge >= 0.3 is 0 Å². The molecule has 3 aromatic heterocycles. The molecule has 0 saturated heterocycles. The van der Waals surface area contributed by atoms with E-state index in [4.69, 9.17) is 23.9 Å². The number of hydrogen-bond donors (Lipinski definition) is 2. The zero-order valence-electron chi connectivity index (χ0n) is 23.3. The number of aromatic nitrogens is 4. The van der Waals surface area contributed by atoms with Gasteiger partial charge in [-0.25, -0.2) is 24.3 Å². The van der Waals surface area contributed by atoms with Crippen molar-refractivity contribution in [3.05, 3.63) is 60.2 Å². The lowest BCUT2D eigenvalue weighted by atomic mass is 9.94. The summed E-state index contributed by atoms with van der Waals surface area (Å²) in [6, 6.07) is 10.4. The first-order valence-corrected chi connectivity index (χ1v) is 14.4. The highest BCUT2D eigenvalue weighted by Gasteiger charge is 2.31. The van der Waals surface area contributed by atoms with Crippen LogP contribution in [0.1, 0.15) is 31.2 Å². The van der Waals surface area contributed by atoms with E-state index in [1.54, 1.807) is 31.5 Å². The molecular weight excluding hydrogens is 561 g/mol. The summed E-state index contributed by atoms with van der Waals surface area (Å²) in [7, 11) is 3.08. The minimum atomic E-state index is -1.29. The molecule has 1 unspecified atom stereocenters. The number of aryl methyl sites for hydroxylation is 1. The number of thiazole rings is 1. The van der Waals surface area contributed by atoms with E-state index in [1.165, 1.54) is 30.7 Å². The van der Waals surface area contributed by atoms with Crippen LogP contribution in [0.5, 0.6) is 17.5 Å². The normalized spacial score (nSPS) is 17.7. The van der Waals surface area contributed by atoms with E-state index in [1.807, 2.05) is 19.1 Å². The molecule has 6 rings (SSSR count). The van der Waals surface area contributed by atoms with E-state index < -0.39 is 24.4 Å². The summed E-state index contributed by atoms with van der Waals surface area (Å²) in [4.78, 5) is 17.9. The second-order valence-electron chi connectivity index (χ2n) is 10.1. The number of benzene rings is 2. The first-order valence-electron chi connectivity index (χ1n) is 13.6. The number of pyridine rings is 1. The Kier molecular flexibility index (Phi) is 8.00. The predicted molar refractivity (Wildman–Crippen MR) is 158 cm³/mol. The number of fused-ring (bicyclic) bond motifs is 2. The molecule has 0 amide bonds. The van der Waals surface area contributed by atoms with Gasteiger partial charge in [0, 0.05) is 23.8 Å². The smallest absolute Gasteiger partial charge is 0.235 e. The molecule has 3 heterocycles. The summed E-state index contributed by atoms with van der Waals surface area (Å²) in [5.74, 6) is 0.507. The molecule has 42 heavy (non-hydrogen) atoms. The van der Waals surface area contributed by atoms with Crippen LogP contribution in [0.15, 0.2) is 48.8 Å². The van der Waals surface area contributed by atoms with Crippen LogP contribution in [0.25, 0.3) is 31.8 Å². The van der Waals surface area contributed by atoms with Gasteiger partial charge in [0.1, 0.15) is 11.1 Å². The number of methoxy groups -OCH3 is 2. The van der Waals surface area contributed by atoms with Gasteiger partial charge in [-0.15, -0.1) is 11.3 Å². The molecule has 10 nitrogen and oxygen atoms in total. The monoisotopic (exact) mass is 591 g/mol. The number of halogens is 1. The number of aliphatic hydroxyl groups is 1. The van der Waals surface area contributed by atoms with Gasteiger partial charge in [0.05, 0.1) is 59.7 Å². The Bertz CT molecular complexity index is 1720. The van der Waals surface area contributed by atoms with Crippen molar-refractivity contribution in [1.82, 2.24) is 19.9 Å². The molecule has 0 radical (unpaired) electrons. The van der Waals surface area contributed by atoms with Crippen molar-refractivity contribution in [3.63, 3.8) is 0 Å². The molecule has 1 aliphatic rings. The fraction of sp³-hybridized carbons (Fsp3) is 0.333. The molecule has 5 aromatic rings. The van der Waals surface area contributed by atoms with Crippen LogP contribution in [0.3, 0.4) is 0 Å². The molecule has 0 spiro atoms. The lowest BCUT2D eigenvalue weighted by Gasteiger charge is -2.33. The highest BCUT2D eigenvalue weighted by atomic mass is 32.1. The second kappa shape index (κ2) is 12.0. The maximum Gasteiger partial charge on any atom is 0.235 e. The second-order valence-corrected chi connectivity index (χ2v) is 11.1. The Labute approximate surface area is 245 Å². The van der Waals surface area contributed by atoms with Crippen molar-refractivity contribution in [2.45, 2.75) is 51.2 Å². The number of aliphatic hydroxyl groups excluding tert-OH is 1. The van der Waals surface area contributed by atoms with E-state index in [9.17, 15) is 5.11 Å². The van der Waals surface area contributed by atoms with Crippen LogP contribution in [0.2, 0.25) is 0 Å². The highest BCUT2D eigenvalue weighted by Crippen LogP contribution is 2.38. The molecule has 218 valence electrons. The van der Waals surface area contributed by atoms with Crippen LogP contribution < -0.4 is 19.5 Å². The molecular formula is C30H30FN5O5S. The number of anilines is 1. The topological polar surface area (TPSA) is 121 Å². The Hall–Kier alpha value is -4.13. The average Bonchev–Trinajstić information content (AvgIpc) is 3.40. The van der Waals surface area contributed by atoms with Crippen molar-refractivity contribution in [3.8, 4) is 28.1 Å².